The van der Waals surface area contributed by atoms with Crippen LogP contribution in [0.5, 0.6) is 0 Å². The molecule has 0 aliphatic heterocycles. The minimum atomic E-state index is 1.14. The molecule has 0 bridgehead atoms. The van der Waals surface area contributed by atoms with Gasteiger partial charge in [0.2, 0.25) is 7.41 Å². The summed E-state index contributed by atoms with van der Waals surface area (Å²) in [6.45, 7) is 2.19. The highest BCUT2D eigenvalue weighted by Crippen LogP contribution is 2.10. The Labute approximate surface area is 75.7 Å². The predicted molar refractivity (Wildman–Crippen MR) is 55.7 cm³/mol. The summed E-state index contributed by atoms with van der Waals surface area (Å²) in [5.74, 6) is 0. The second-order valence-electron chi connectivity index (χ2n) is 2.92. The molecule has 63 valence electrons. The van der Waals surface area contributed by atoms with Gasteiger partial charge in [0.1, 0.15) is 0 Å². The summed E-state index contributed by atoms with van der Waals surface area (Å²) in [7, 11) is 4.31. The highest BCUT2D eigenvalue weighted by atomic mass is 15.0. The monoisotopic (exact) mass is 160 g/mol. The standard InChI is InChI=1S/C10H15BN/c1-3-9-11-12(2)10-7-5-4-6-8-10/h4-8H,3,9H2,1-2H3. The molecular formula is C10H15BN. The first-order valence-electron chi connectivity index (χ1n) is 4.46. The minimum Gasteiger partial charge on any atom is -0.422 e. The van der Waals surface area contributed by atoms with Crippen LogP contribution in [0.3, 0.4) is 0 Å². The van der Waals surface area contributed by atoms with Crippen molar-refractivity contribution < 1.29 is 0 Å². The molecule has 0 amide bonds. The van der Waals surface area contributed by atoms with Crippen LogP contribution in [0.4, 0.5) is 5.69 Å². The Morgan fingerprint density at radius 3 is 2.50 bits per heavy atom. The summed E-state index contributed by atoms with van der Waals surface area (Å²) < 4.78 is 0. The van der Waals surface area contributed by atoms with Crippen LogP contribution in [-0.2, 0) is 0 Å². The Morgan fingerprint density at radius 2 is 1.92 bits per heavy atom. The van der Waals surface area contributed by atoms with E-state index < -0.39 is 0 Å². The van der Waals surface area contributed by atoms with E-state index in [-0.39, 0.29) is 0 Å². The smallest absolute Gasteiger partial charge is 0.245 e. The van der Waals surface area contributed by atoms with Crippen LogP contribution in [0, 0.1) is 0 Å². The minimum absolute atomic E-state index is 1.14. The fourth-order valence-corrected chi connectivity index (χ4v) is 1.09. The van der Waals surface area contributed by atoms with Crippen LogP contribution in [0.25, 0.3) is 0 Å². The molecular weight excluding hydrogens is 145 g/mol. The largest absolute Gasteiger partial charge is 0.422 e. The van der Waals surface area contributed by atoms with Crippen LogP contribution < -0.4 is 4.81 Å². The SMILES string of the molecule is CCC[B]N(C)c1ccccc1. The fourth-order valence-electron chi connectivity index (χ4n) is 1.09. The van der Waals surface area contributed by atoms with Gasteiger partial charge in [-0.2, -0.15) is 0 Å². The molecule has 1 aromatic carbocycles. The highest BCUT2D eigenvalue weighted by molar-refractivity contribution is 6.41. The molecule has 12 heavy (non-hydrogen) atoms. The average Bonchev–Trinajstić information content (AvgIpc) is 2.15. The average molecular weight is 160 g/mol. The molecule has 1 rings (SSSR count). The molecule has 0 heterocycles. The normalized spacial score (nSPS) is 9.50. The first-order chi connectivity index (χ1) is 5.84. The van der Waals surface area contributed by atoms with Crippen molar-refractivity contribution in [3.63, 3.8) is 0 Å². The van der Waals surface area contributed by atoms with E-state index in [0.29, 0.717) is 0 Å². The maximum atomic E-state index is 2.22. The van der Waals surface area contributed by atoms with Gasteiger partial charge in [0.25, 0.3) is 0 Å². The maximum Gasteiger partial charge on any atom is 0.245 e. The van der Waals surface area contributed by atoms with Crippen LogP contribution in [0.1, 0.15) is 13.3 Å². The molecule has 0 saturated heterocycles. The molecule has 2 heteroatoms. The molecule has 0 saturated carbocycles. The Morgan fingerprint density at radius 1 is 1.25 bits per heavy atom. The number of nitrogens with zero attached hydrogens (tertiary/aromatic N) is 1. The summed E-state index contributed by atoms with van der Waals surface area (Å²) in [4.78, 5) is 2.17. The third-order valence-corrected chi connectivity index (χ3v) is 1.86. The lowest BCUT2D eigenvalue weighted by atomic mass is 9.85. The fraction of sp³-hybridized carbons (Fsp3) is 0.400. The summed E-state index contributed by atoms with van der Waals surface area (Å²) in [5, 5.41) is 0. The van der Waals surface area contributed by atoms with Crippen molar-refractivity contribution in [2.45, 2.75) is 19.7 Å². The number of rotatable bonds is 4. The van der Waals surface area contributed by atoms with Gasteiger partial charge in [-0.25, -0.2) is 0 Å². The lowest BCUT2D eigenvalue weighted by molar-refractivity contribution is 1.06. The van der Waals surface area contributed by atoms with Gasteiger partial charge >= 0.3 is 0 Å². The quantitative estimate of drug-likeness (QED) is 0.611. The Hall–Kier alpha value is -0.915. The molecule has 0 spiro atoms. The van der Waals surface area contributed by atoms with Crippen LogP contribution >= 0.6 is 0 Å². The summed E-state index contributed by atoms with van der Waals surface area (Å²) >= 11 is 0. The molecule has 1 radical (unpaired) electrons. The second kappa shape index (κ2) is 4.86. The van der Waals surface area contributed by atoms with Crippen molar-refractivity contribution in [3.05, 3.63) is 30.3 Å². The summed E-state index contributed by atoms with van der Waals surface area (Å²) in [6.07, 6.45) is 2.35. The molecule has 0 unspecified atom stereocenters. The Bertz CT molecular complexity index is 210. The van der Waals surface area contributed by atoms with Crippen molar-refractivity contribution >= 4 is 13.1 Å². The Kier molecular flexibility index (Phi) is 3.72. The van der Waals surface area contributed by atoms with Gasteiger partial charge in [-0.15, -0.1) is 0 Å². The molecule has 0 aromatic heterocycles. The van der Waals surface area contributed by atoms with Crippen LogP contribution in [0.2, 0.25) is 6.32 Å². The number of para-hydroxylation sites is 1. The van der Waals surface area contributed by atoms with Gasteiger partial charge in [0, 0.05) is 5.69 Å². The third-order valence-electron chi connectivity index (χ3n) is 1.86. The number of hydrogen-bond donors (Lipinski definition) is 0. The highest BCUT2D eigenvalue weighted by Gasteiger charge is 1.99. The van der Waals surface area contributed by atoms with Gasteiger partial charge < -0.3 is 4.81 Å². The zero-order chi connectivity index (χ0) is 8.81. The lowest BCUT2D eigenvalue weighted by Crippen LogP contribution is -2.21. The zero-order valence-corrected chi connectivity index (χ0v) is 7.83. The van der Waals surface area contributed by atoms with E-state index in [1.165, 1.54) is 12.1 Å². The maximum absolute atomic E-state index is 2.22. The zero-order valence-electron chi connectivity index (χ0n) is 7.83. The predicted octanol–water partition coefficient (Wildman–Crippen LogP) is 2.57. The summed E-state index contributed by atoms with van der Waals surface area (Å²) in [6, 6.07) is 10.4. The van der Waals surface area contributed by atoms with Crippen molar-refractivity contribution in [1.82, 2.24) is 0 Å². The molecule has 1 aromatic rings. The van der Waals surface area contributed by atoms with Gasteiger partial charge in [-0.05, 0) is 19.2 Å². The second-order valence-corrected chi connectivity index (χ2v) is 2.92. The first-order valence-corrected chi connectivity index (χ1v) is 4.46. The first kappa shape index (κ1) is 9.18. The third kappa shape index (κ3) is 2.61. The van der Waals surface area contributed by atoms with Crippen LogP contribution in [-0.4, -0.2) is 14.5 Å². The van der Waals surface area contributed by atoms with E-state index in [1.807, 2.05) is 6.07 Å². The van der Waals surface area contributed by atoms with E-state index in [9.17, 15) is 0 Å². The van der Waals surface area contributed by atoms with Gasteiger partial charge in [-0.1, -0.05) is 37.9 Å². The van der Waals surface area contributed by atoms with E-state index in [0.717, 1.165) is 6.32 Å². The van der Waals surface area contributed by atoms with E-state index in [2.05, 4.69) is 50.5 Å². The number of anilines is 1. The molecule has 0 aliphatic carbocycles. The molecule has 0 aliphatic rings. The van der Waals surface area contributed by atoms with Crippen LogP contribution in [0.15, 0.2) is 30.3 Å². The van der Waals surface area contributed by atoms with E-state index in [4.69, 9.17) is 0 Å². The lowest BCUT2D eigenvalue weighted by Gasteiger charge is -2.17. The summed E-state index contributed by atoms with van der Waals surface area (Å²) in [5.41, 5.74) is 1.26. The molecule has 0 atom stereocenters. The van der Waals surface area contributed by atoms with Gasteiger partial charge in [0.15, 0.2) is 0 Å². The van der Waals surface area contributed by atoms with Crippen molar-refractivity contribution in [1.29, 1.82) is 0 Å². The molecule has 0 fully saturated rings. The van der Waals surface area contributed by atoms with E-state index >= 15 is 0 Å². The van der Waals surface area contributed by atoms with Gasteiger partial charge in [0.05, 0.1) is 0 Å². The van der Waals surface area contributed by atoms with Crippen molar-refractivity contribution in [2.75, 3.05) is 11.9 Å². The van der Waals surface area contributed by atoms with E-state index in [1.54, 1.807) is 0 Å². The van der Waals surface area contributed by atoms with Gasteiger partial charge in [-0.3, -0.25) is 0 Å². The Balaban J connectivity index is 2.48. The molecule has 0 N–H and O–H groups in total. The number of hydrogen-bond acceptors (Lipinski definition) is 1. The molecule has 1 nitrogen and oxygen atoms in total. The van der Waals surface area contributed by atoms with Crippen molar-refractivity contribution in [2.24, 2.45) is 0 Å². The number of benzene rings is 1. The van der Waals surface area contributed by atoms with Crippen molar-refractivity contribution in [3.8, 4) is 0 Å². The topological polar surface area (TPSA) is 3.24 Å².